The highest BCUT2D eigenvalue weighted by molar-refractivity contribution is 6.04. The topological polar surface area (TPSA) is 66.5 Å². The molecule has 1 N–H and O–H groups in total. The third-order valence-electron chi connectivity index (χ3n) is 3.35. The van der Waals surface area contributed by atoms with Crippen LogP contribution in [0, 0.1) is 11.8 Å². The van der Waals surface area contributed by atoms with Gasteiger partial charge < -0.3 is 4.90 Å². The number of nitrogens with zero attached hydrogens (tertiary/aromatic N) is 1. The number of hydrogen-bond acceptors (Lipinski definition) is 3. The number of piperazine rings is 1. The molecular weight excluding hydrogens is 208 g/mol. The fourth-order valence-corrected chi connectivity index (χ4v) is 2.18. The summed E-state index contributed by atoms with van der Waals surface area (Å²) < 4.78 is 0. The minimum atomic E-state index is -0.474. The molecule has 3 unspecified atom stereocenters. The van der Waals surface area contributed by atoms with Gasteiger partial charge in [0.15, 0.2) is 0 Å². The van der Waals surface area contributed by atoms with Crippen molar-refractivity contribution in [3.8, 4) is 0 Å². The van der Waals surface area contributed by atoms with Gasteiger partial charge in [-0.05, 0) is 18.8 Å². The second-order valence-corrected chi connectivity index (χ2v) is 4.62. The van der Waals surface area contributed by atoms with Crippen LogP contribution in [0.25, 0.3) is 0 Å². The fraction of sp³-hybridized carbons (Fsp3) is 0.727. The lowest BCUT2D eigenvalue weighted by Gasteiger charge is -2.33. The van der Waals surface area contributed by atoms with Crippen LogP contribution in [0.3, 0.4) is 0 Å². The number of amides is 3. The van der Waals surface area contributed by atoms with Crippen LogP contribution in [0.1, 0.15) is 26.7 Å². The van der Waals surface area contributed by atoms with E-state index in [-0.39, 0.29) is 30.2 Å². The molecule has 2 rings (SSSR count). The van der Waals surface area contributed by atoms with Crippen LogP contribution in [0.2, 0.25) is 0 Å². The van der Waals surface area contributed by atoms with Crippen molar-refractivity contribution in [3.05, 3.63) is 0 Å². The number of hydrogen-bond donors (Lipinski definition) is 1. The summed E-state index contributed by atoms with van der Waals surface area (Å²) in [7, 11) is 0. The molecule has 3 amide bonds. The molecule has 3 atom stereocenters. The van der Waals surface area contributed by atoms with Crippen molar-refractivity contribution >= 4 is 17.7 Å². The Morgan fingerprint density at radius 1 is 1.50 bits per heavy atom. The molecule has 1 heterocycles. The van der Waals surface area contributed by atoms with Crippen molar-refractivity contribution < 1.29 is 14.4 Å². The van der Waals surface area contributed by atoms with Gasteiger partial charge in [0.25, 0.3) is 0 Å². The maximum Gasteiger partial charge on any atom is 0.249 e. The molecule has 0 aromatic heterocycles. The summed E-state index contributed by atoms with van der Waals surface area (Å²) in [6, 6.07) is -0.474. The van der Waals surface area contributed by atoms with Crippen LogP contribution < -0.4 is 5.32 Å². The molecule has 1 aliphatic heterocycles. The maximum atomic E-state index is 12.0. The summed E-state index contributed by atoms with van der Waals surface area (Å²) >= 11 is 0. The zero-order valence-electron chi connectivity index (χ0n) is 9.53. The van der Waals surface area contributed by atoms with E-state index in [1.54, 1.807) is 0 Å². The van der Waals surface area contributed by atoms with Crippen LogP contribution in [0.5, 0.6) is 0 Å². The molecule has 88 valence electrons. The van der Waals surface area contributed by atoms with Crippen molar-refractivity contribution in [1.82, 2.24) is 10.2 Å². The monoisotopic (exact) mass is 224 g/mol. The van der Waals surface area contributed by atoms with Crippen molar-refractivity contribution in [2.45, 2.75) is 32.7 Å². The highest BCUT2D eigenvalue weighted by Crippen LogP contribution is 2.39. The molecule has 2 fully saturated rings. The molecule has 0 aromatic rings. The fourth-order valence-electron chi connectivity index (χ4n) is 2.18. The Kier molecular flexibility index (Phi) is 2.69. The molecule has 0 bridgehead atoms. The van der Waals surface area contributed by atoms with E-state index < -0.39 is 6.04 Å². The Balaban J connectivity index is 2.13. The summed E-state index contributed by atoms with van der Waals surface area (Å²) in [4.78, 5) is 36.3. The van der Waals surface area contributed by atoms with Crippen molar-refractivity contribution in [2.24, 2.45) is 11.8 Å². The summed E-state index contributed by atoms with van der Waals surface area (Å²) in [6.07, 6.45) is 1.42. The maximum absolute atomic E-state index is 12.0. The Bertz CT molecular complexity index is 353. The van der Waals surface area contributed by atoms with E-state index in [0.29, 0.717) is 12.3 Å². The lowest BCUT2D eigenvalue weighted by atomic mass is 10.1. The van der Waals surface area contributed by atoms with Gasteiger partial charge in [-0.2, -0.15) is 0 Å². The molecule has 1 saturated carbocycles. The molecule has 16 heavy (non-hydrogen) atoms. The van der Waals surface area contributed by atoms with Crippen molar-refractivity contribution in [1.29, 1.82) is 0 Å². The van der Waals surface area contributed by atoms with Crippen LogP contribution in [0.4, 0.5) is 0 Å². The number of imide groups is 1. The molecule has 0 spiro atoms. The van der Waals surface area contributed by atoms with E-state index in [0.717, 1.165) is 6.42 Å². The minimum Gasteiger partial charge on any atom is -0.321 e. The van der Waals surface area contributed by atoms with Gasteiger partial charge in [0.2, 0.25) is 17.7 Å². The van der Waals surface area contributed by atoms with Gasteiger partial charge in [0, 0.05) is 5.92 Å². The van der Waals surface area contributed by atoms with E-state index in [2.05, 4.69) is 5.32 Å². The highest BCUT2D eigenvalue weighted by atomic mass is 16.2. The van der Waals surface area contributed by atoms with Crippen molar-refractivity contribution in [2.75, 3.05) is 6.54 Å². The van der Waals surface area contributed by atoms with E-state index >= 15 is 0 Å². The Morgan fingerprint density at radius 2 is 2.12 bits per heavy atom. The van der Waals surface area contributed by atoms with E-state index in [1.165, 1.54) is 4.90 Å². The third-order valence-corrected chi connectivity index (χ3v) is 3.35. The molecule has 0 aromatic carbocycles. The van der Waals surface area contributed by atoms with E-state index in [1.807, 2.05) is 13.8 Å². The van der Waals surface area contributed by atoms with Crippen LogP contribution in [-0.4, -0.2) is 35.2 Å². The van der Waals surface area contributed by atoms with Crippen LogP contribution in [0.15, 0.2) is 0 Å². The highest BCUT2D eigenvalue weighted by Gasteiger charge is 2.45. The first-order valence-corrected chi connectivity index (χ1v) is 5.68. The molecule has 1 aliphatic carbocycles. The summed E-state index contributed by atoms with van der Waals surface area (Å²) in [5, 5.41) is 2.26. The number of rotatable bonds is 2. The van der Waals surface area contributed by atoms with Crippen LogP contribution >= 0.6 is 0 Å². The Morgan fingerprint density at radius 3 is 2.62 bits per heavy atom. The molecule has 5 heteroatoms. The van der Waals surface area contributed by atoms with Gasteiger partial charge in [-0.3, -0.25) is 19.7 Å². The molecule has 2 aliphatic rings. The van der Waals surface area contributed by atoms with Crippen molar-refractivity contribution in [3.63, 3.8) is 0 Å². The van der Waals surface area contributed by atoms with E-state index in [4.69, 9.17) is 0 Å². The normalized spacial score (nSPS) is 33.6. The third kappa shape index (κ3) is 1.81. The molecule has 5 nitrogen and oxygen atoms in total. The standard InChI is InChI=1S/C11H16N2O3/c1-3-8-10(15)12-9(14)5-13(8)11(16)7-4-6(7)2/h6-8H,3-5H2,1-2H3,(H,12,14,15). The predicted molar refractivity (Wildman–Crippen MR) is 56.2 cm³/mol. The van der Waals surface area contributed by atoms with Crippen LogP contribution in [-0.2, 0) is 14.4 Å². The van der Waals surface area contributed by atoms with Gasteiger partial charge in [0.1, 0.15) is 12.6 Å². The van der Waals surface area contributed by atoms with Gasteiger partial charge in [-0.25, -0.2) is 0 Å². The Labute approximate surface area is 94.2 Å². The Hall–Kier alpha value is -1.39. The van der Waals surface area contributed by atoms with E-state index in [9.17, 15) is 14.4 Å². The zero-order chi connectivity index (χ0) is 11.9. The first-order chi connectivity index (χ1) is 7.54. The summed E-state index contributed by atoms with van der Waals surface area (Å²) in [6.45, 7) is 3.87. The second kappa shape index (κ2) is 3.88. The summed E-state index contributed by atoms with van der Waals surface area (Å²) in [5.41, 5.74) is 0. The number of carbonyl (C=O) groups is 3. The first kappa shape index (κ1) is 11.1. The predicted octanol–water partition coefficient (Wildman–Crippen LogP) is -0.0940. The zero-order valence-corrected chi connectivity index (χ0v) is 9.53. The van der Waals surface area contributed by atoms with Gasteiger partial charge >= 0.3 is 0 Å². The quantitative estimate of drug-likeness (QED) is 0.666. The second-order valence-electron chi connectivity index (χ2n) is 4.62. The molecule has 1 saturated heterocycles. The molecular formula is C11H16N2O3. The average molecular weight is 224 g/mol. The lowest BCUT2D eigenvalue weighted by Crippen LogP contribution is -2.59. The SMILES string of the molecule is CCC1C(=O)NC(=O)CN1C(=O)C1CC1C. The molecule has 0 radical (unpaired) electrons. The number of carbonyl (C=O) groups excluding carboxylic acids is 3. The largest absolute Gasteiger partial charge is 0.321 e. The van der Waals surface area contributed by atoms with Gasteiger partial charge in [-0.15, -0.1) is 0 Å². The van der Waals surface area contributed by atoms with Gasteiger partial charge in [-0.1, -0.05) is 13.8 Å². The van der Waals surface area contributed by atoms with Gasteiger partial charge in [0.05, 0.1) is 0 Å². The minimum absolute atomic E-state index is 0.0201. The number of nitrogens with one attached hydrogen (secondary N) is 1. The first-order valence-electron chi connectivity index (χ1n) is 5.68. The smallest absolute Gasteiger partial charge is 0.249 e. The summed E-state index contributed by atoms with van der Waals surface area (Å²) in [5.74, 6) is -0.350. The average Bonchev–Trinajstić information content (AvgIpc) is 2.93. The lowest BCUT2D eigenvalue weighted by molar-refractivity contribution is -0.151.